The Morgan fingerprint density at radius 2 is 1.57 bits per heavy atom. The molecule has 0 radical (unpaired) electrons. The van der Waals surface area contributed by atoms with E-state index in [2.05, 4.69) is 10.0 Å². The molecule has 0 aromatic heterocycles. The summed E-state index contributed by atoms with van der Waals surface area (Å²) in [7, 11) is -2.05. The van der Waals surface area contributed by atoms with Gasteiger partial charge in [-0.15, -0.1) is 0 Å². The van der Waals surface area contributed by atoms with Crippen molar-refractivity contribution < 1.29 is 41.0 Å². The second-order valence-corrected chi connectivity index (χ2v) is 10.5. The number of nitrogens with one attached hydrogen (secondary N) is 2. The fourth-order valence-electron chi connectivity index (χ4n) is 3.65. The Kier molecular flexibility index (Phi) is 9.72. The predicted octanol–water partition coefficient (Wildman–Crippen LogP) is 4.23. The van der Waals surface area contributed by atoms with Crippen LogP contribution >= 0.6 is 0 Å². The van der Waals surface area contributed by atoms with Gasteiger partial charge in [-0.3, -0.25) is 9.52 Å². The molecule has 204 valence electrons. The van der Waals surface area contributed by atoms with E-state index in [1.807, 2.05) is 32.0 Å². The van der Waals surface area contributed by atoms with Gasteiger partial charge in [0.05, 0.1) is 10.3 Å². The molecule has 0 spiro atoms. The maximum absolute atomic E-state index is 12.9. The Balaban J connectivity index is 0.000000604. The molecule has 37 heavy (non-hydrogen) atoms. The second kappa shape index (κ2) is 12.0. The average Bonchev–Trinajstić information content (AvgIpc) is 3.61. The van der Waals surface area contributed by atoms with Crippen molar-refractivity contribution in [2.75, 3.05) is 25.0 Å². The van der Waals surface area contributed by atoms with Crippen molar-refractivity contribution in [1.82, 2.24) is 5.32 Å². The van der Waals surface area contributed by atoms with E-state index in [4.69, 9.17) is 14.6 Å². The van der Waals surface area contributed by atoms with E-state index in [-0.39, 0.29) is 10.8 Å². The largest absolute Gasteiger partial charge is 0.490 e. The number of methoxy groups -OCH3 is 1. The van der Waals surface area contributed by atoms with E-state index in [9.17, 15) is 26.4 Å². The van der Waals surface area contributed by atoms with Gasteiger partial charge in [0.1, 0.15) is 0 Å². The van der Waals surface area contributed by atoms with Crippen LogP contribution in [0.5, 0.6) is 0 Å². The standard InChI is InChI=1S/C23H30N2O4S.C2HF3O2/c1-16-14-18(3)21(15-17(16)2)30(27,28)25-20-8-6-19(7-9-20)23(10-11-23)22(26)24-12-5-13-29-4;3-2(4,5)1(6)7/h6-9,14-15,25H,5,10-13H2,1-4H3,(H,24,26);(H,6,7). The summed E-state index contributed by atoms with van der Waals surface area (Å²) in [5, 5.41) is 10.1. The third-order valence-corrected chi connectivity index (χ3v) is 7.53. The lowest BCUT2D eigenvalue weighted by atomic mass is 9.95. The van der Waals surface area contributed by atoms with Crippen molar-refractivity contribution in [1.29, 1.82) is 0 Å². The lowest BCUT2D eigenvalue weighted by Gasteiger charge is -2.17. The summed E-state index contributed by atoms with van der Waals surface area (Å²) in [5.74, 6) is -2.73. The van der Waals surface area contributed by atoms with Crippen LogP contribution in [0, 0.1) is 20.8 Å². The lowest BCUT2D eigenvalue weighted by molar-refractivity contribution is -0.192. The van der Waals surface area contributed by atoms with Crippen molar-refractivity contribution in [3.05, 3.63) is 58.7 Å². The minimum Gasteiger partial charge on any atom is -0.475 e. The molecule has 0 aliphatic heterocycles. The number of amides is 1. The molecule has 2 aromatic rings. The highest BCUT2D eigenvalue weighted by Gasteiger charge is 2.51. The van der Waals surface area contributed by atoms with Crippen molar-refractivity contribution in [3.63, 3.8) is 0 Å². The average molecular weight is 545 g/mol. The van der Waals surface area contributed by atoms with Crippen LogP contribution in [0.2, 0.25) is 0 Å². The maximum Gasteiger partial charge on any atom is 0.490 e. The molecule has 2 aromatic carbocycles. The summed E-state index contributed by atoms with van der Waals surface area (Å²) in [6.07, 6.45) is -2.71. The summed E-state index contributed by atoms with van der Waals surface area (Å²) in [6, 6.07) is 10.7. The lowest BCUT2D eigenvalue weighted by Crippen LogP contribution is -2.35. The Bertz CT molecular complexity index is 1220. The first-order valence-electron chi connectivity index (χ1n) is 11.4. The molecular weight excluding hydrogens is 513 g/mol. The predicted molar refractivity (Wildman–Crippen MR) is 132 cm³/mol. The molecule has 1 fully saturated rings. The SMILES string of the molecule is COCCCNC(=O)C1(c2ccc(NS(=O)(=O)c3cc(C)c(C)cc3C)cc2)CC1.O=C(O)C(F)(F)F. The molecule has 1 amide bonds. The van der Waals surface area contributed by atoms with Gasteiger partial charge < -0.3 is 15.2 Å². The summed E-state index contributed by atoms with van der Waals surface area (Å²) in [4.78, 5) is 21.8. The molecule has 0 saturated heterocycles. The van der Waals surface area contributed by atoms with Crippen molar-refractivity contribution >= 4 is 27.6 Å². The van der Waals surface area contributed by atoms with Gasteiger partial charge in [-0.2, -0.15) is 13.2 Å². The molecule has 0 bridgehead atoms. The number of benzene rings is 2. The number of hydrogen-bond donors (Lipinski definition) is 3. The molecule has 1 saturated carbocycles. The Morgan fingerprint density at radius 3 is 2.05 bits per heavy atom. The number of alkyl halides is 3. The van der Waals surface area contributed by atoms with Crippen LogP contribution in [-0.4, -0.2) is 51.8 Å². The van der Waals surface area contributed by atoms with Crippen molar-refractivity contribution in [2.45, 2.75) is 56.5 Å². The minimum absolute atomic E-state index is 0.0256. The zero-order valence-electron chi connectivity index (χ0n) is 21.0. The van der Waals surface area contributed by atoms with Crippen molar-refractivity contribution in [2.24, 2.45) is 0 Å². The third kappa shape index (κ3) is 7.93. The zero-order chi connectivity index (χ0) is 28.0. The number of carbonyl (C=O) groups is 2. The number of aryl methyl sites for hydroxylation is 3. The molecule has 1 aliphatic carbocycles. The van der Waals surface area contributed by atoms with Gasteiger partial charge in [0.2, 0.25) is 5.91 Å². The number of carbonyl (C=O) groups excluding carboxylic acids is 1. The quantitative estimate of drug-likeness (QED) is 0.406. The highest BCUT2D eigenvalue weighted by molar-refractivity contribution is 7.92. The van der Waals surface area contributed by atoms with Crippen LogP contribution in [0.15, 0.2) is 41.3 Å². The molecule has 1 aliphatic rings. The van der Waals surface area contributed by atoms with Crippen LogP contribution in [0.1, 0.15) is 41.5 Å². The van der Waals surface area contributed by atoms with Crippen LogP contribution in [-0.2, 0) is 29.8 Å². The van der Waals surface area contributed by atoms with Gasteiger partial charge in [-0.05, 0) is 80.5 Å². The molecule has 0 atom stereocenters. The number of ether oxygens (including phenoxy) is 1. The first-order valence-corrected chi connectivity index (χ1v) is 12.9. The number of carboxylic acids is 1. The smallest absolute Gasteiger partial charge is 0.475 e. The number of rotatable bonds is 9. The van der Waals surface area contributed by atoms with Gasteiger partial charge in [0.25, 0.3) is 10.0 Å². The van der Waals surface area contributed by atoms with Gasteiger partial charge in [0, 0.05) is 25.9 Å². The van der Waals surface area contributed by atoms with E-state index >= 15 is 0 Å². The number of carboxylic acid groups (broad SMARTS) is 1. The van der Waals surface area contributed by atoms with Crippen LogP contribution < -0.4 is 10.0 Å². The second-order valence-electron chi connectivity index (χ2n) is 8.87. The molecule has 0 heterocycles. The van der Waals surface area contributed by atoms with Gasteiger partial charge in [-0.1, -0.05) is 18.2 Å². The first-order chi connectivity index (χ1) is 17.1. The van der Waals surface area contributed by atoms with Crippen LogP contribution in [0.4, 0.5) is 18.9 Å². The molecule has 12 heteroatoms. The Labute approximate surface area is 214 Å². The zero-order valence-corrected chi connectivity index (χ0v) is 21.8. The molecule has 8 nitrogen and oxygen atoms in total. The number of halogens is 3. The number of sulfonamides is 1. The summed E-state index contributed by atoms with van der Waals surface area (Å²) >= 11 is 0. The molecule has 3 rings (SSSR count). The third-order valence-electron chi connectivity index (χ3n) is 6.01. The molecule has 3 N–H and O–H groups in total. The van der Waals surface area contributed by atoms with Crippen molar-refractivity contribution in [3.8, 4) is 0 Å². The van der Waals surface area contributed by atoms with Crippen LogP contribution in [0.3, 0.4) is 0 Å². The number of anilines is 1. The minimum atomic E-state index is -5.08. The maximum atomic E-state index is 12.9. The first kappa shape index (κ1) is 30.1. The molecule has 0 unspecified atom stereocenters. The normalized spacial score (nSPS) is 14.2. The monoisotopic (exact) mass is 544 g/mol. The fraction of sp³-hybridized carbons (Fsp3) is 0.440. The summed E-state index contributed by atoms with van der Waals surface area (Å²) in [6.45, 7) is 6.86. The van der Waals surface area contributed by atoms with E-state index in [1.54, 1.807) is 32.2 Å². The van der Waals surface area contributed by atoms with E-state index in [0.717, 1.165) is 36.0 Å². The molecular formula is C25H31F3N2O6S. The summed E-state index contributed by atoms with van der Waals surface area (Å²) < 4.78 is 65.1. The highest BCUT2D eigenvalue weighted by Crippen LogP contribution is 2.48. The number of aliphatic carboxylic acids is 1. The Morgan fingerprint density at radius 1 is 1.03 bits per heavy atom. The van der Waals surface area contributed by atoms with Gasteiger partial charge in [-0.25, -0.2) is 13.2 Å². The van der Waals surface area contributed by atoms with Crippen LogP contribution in [0.25, 0.3) is 0 Å². The van der Waals surface area contributed by atoms with Gasteiger partial charge in [0.15, 0.2) is 0 Å². The van der Waals surface area contributed by atoms with E-state index in [0.29, 0.717) is 24.4 Å². The topological polar surface area (TPSA) is 122 Å². The fourth-order valence-corrected chi connectivity index (χ4v) is 5.02. The number of hydrogen-bond acceptors (Lipinski definition) is 5. The van der Waals surface area contributed by atoms with E-state index < -0.39 is 27.6 Å². The Hall–Kier alpha value is -3.12. The van der Waals surface area contributed by atoms with E-state index in [1.165, 1.54) is 0 Å². The highest BCUT2D eigenvalue weighted by atomic mass is 32.2. The van der Waals surface area contributed by atoms with Gasteiger partial charge >= 0.3 is 12.1 Å². The summed E-state index contributed by atoms with van der Waals surface area (Å²) in [5.41, 5.74) is 3.61.